The third-order valence-electron chi connectivity index (χ3n) is 2.00. The van der Waals surface area contributed by atoms with E-state index in [4.69, 9.17) is 5.21 Å². The Morgan fingerprint density at radius 2 is 2.00 bits per heavy atom. The van der Waals surface area contributed by atoms with Crippen LogP contribution in [0.25, 0.3) is 0 Å². The lowest BCUT2D eigenvalue weighted by molar-refractivity contribution is -0.729. The lowest BCUT2D eigenvalue weighted by atomic mass is 10.1. The third kappa shape index (κ3) is 3.14. The number of nitrogens with zero attached hydrogens (tertiary/aromatic N) is 1. The van der Waals surface area contributed by atoms with Gasteiger partial charge in [0.15, 0.2) is 0 Å². The van der Waals surface area contributed by atoms with E-state index < -0.39 is 0 Å². The van der Waals surface area contributed by atoms with E-state index in [1.165, 1.54) is 0 Å². The maximum absolute atomic E-state index is 10.5. The van der Waals surface area contributed by atoms with Gasteiger partial charge in [-0.15, -0.1) is 0 Å². The summed E-state index contributed by atoms with van der Waals surface area (Å²) in [7, 11) is 0. The molecule has 0 aromatic heterocycles. The van der Waals surface area contributed by atoms with Crippen molar-refractivity contribution in [3.05, 3.63) is 34.7 Å². The lowest BCUT2D eigenvalue weighted by Crippen LogP contribution is -2.15. The van der Waals surface area contributed by atoms with Crippen molar-refractivity contribution in [1.82, 2.24) is 5.32 Å². The first-order valence-corrected chi connectivity index (χ1v) is 4.70. The van der Waals surface area contributed by atoms with Crippen LogP contribution >= 0.6 is 0 Å². The summed E-state index contributed by atoms with van der Waals surface area (Å²) in [6.07, 6.45) is 0.929. The largest absolute Gasteiger partial charge is 0.317 e. The summed E-state index contributed by atoms with van der Waals surface area (Å²) in [4.78, 5) is 10.3. The molecule has 0 spiro atoms. The van der Waals surface area contributed by atoms with Gasteiger partial charge in [-0.2, -0.15) is 0 Å². The van der Waals surface area contributed by atoms with E-state index in [0.717, 1.165) is 25.1 Å². The van der Waals surface area contributed by atoms with Gasteiger partial charge in [-0.05, 0) is 25.1 Å². The summed E-state index contributed by atoms with van der Waals surface area (Å²) in [6, 6.07) is 6.89. The zero-order valence-electron chi connectivity index (χ0n) is 8.23. The molecule has 0 radical (unpaired) electrons. The van der Waals surface area contributed by atoms with E-state index in [1.807, 2.05) is 12.1 Å². The number of rotatable bonds is 5. The molecular formula is C10H15N2O2+. The van der Waals surface area contributed by atoms with Gasteiger partial charge in [0, 0.05) is 12.1 Å². The quantitative estimate of drug-likeness (QED) is 0.554. The molecule has 4 nitrogen and oxygen atoms in total. The lowest BCUT2D eigenvalue weighted by Gasteiger charge is -2.00. The van der Waals surface area contributed by atoms with E-state index in [2.05, 4.69) is 12.2 Å². The summed E-state index contributed by atoms with van der Waals surface area (Å²) in [5.41, 5.74) is 1.41. The zero-order valence-corrected chi connectivity index (χ0v) is 8.23. The molecule has 0 atom stereocenters. The Kier molecular flexibility index (Phi) is 4.07. The molecule has 0 aliphatic carbocycles. The van der Waals surface area contributed by atoms with Crippen molar-refractivity contribution in [3.63, 3.8) is 0 Å². The molecule has 1 aromatic carbocycles. The molecule has 0 heterocycles. The van der Waals surface area contributed by atoms with Gasteiger partial charge in [-0.1, -0.05) is 19.1 Å². The molecule has 0 unspecified atom stereocenters. The Bertz CT molecular complexity index is 295. The average Bonchev–Trinajstić information content (AvgIpc) is 2.19. The first kappa shape index (κ1) is 10.7. The molecule has 0 bridgehead atoms. The molecule has 0 amide bonds. The fourth-order valence-electron chi connectivity index (χ4n) is 1.20. The summed E-state index contributed by atoms with van der Waals surface area (Å²) in [6.45, 7) is 3.95. The second-order valence-electron chi connectivity index (χ2n) is 3.04. The van der Waals surface area contributed by atoms with Crippen molar-refractivity contribution in [3.8, 4) is 0 Å². The maximum Gasteiger partial charge on any atom is 0.316 e. The summed E-state index contributed by atoms with van der Waals surface area (Å²) in [5, 5.41) is 11.8. The normalized spacial score (nSPS) is 10.1. The number of hydrogen-bond donors (Lipinski definition) is 2. The van der Waals surface area contributed by atoms with Crippen LogP contribution in [0.3, 0.4) is 0 Å². The fraction of sp³-hybridized carbons (Fsp3) is 0.400. The molecule has 4 heteroatoms. The number of hydrogen-bond acceptors (Lipinski definition) is 2. The number of likely N-dealkylation sites (N-methyl/N-ethyl adjacent to an activating group) is 1. The Labute approximate surface area is 83.1 Å². The maximum atomic E-state index is 10.5. The Hall–Kier alpha value is -1.42. The van der Waals surface area contributed by atoms with Gasteiger partial charge in [-0.3, -0.25) is 0 Å². The van der Waals surface area contributed by atoms with Gasteiger partial charge in [0.25, 0.3) is 4.92 Å². The van der Waals surface area contributed by atoms with E-state index >= 15 is 0 Å². The molecule has 76 valence electrons. The van der Waals surface area contributed by atoms with Crippen molar-refractivity contribution in [1.29, 1.82) is 0 Å². The van der Waals surface area contributed by atoms with E-state index in [9.17, 15) is 4.91 Å². The second-order valence-corrected chi connectivity index (χ2v) is 3.04. The highest BCUT2D eigenvalue weighted by Gasteiger charge is 2.09. The van der Waals surface area contributed by atoms with Crippen LogP contribution in [0.15, 0.2) is 24.3 Å². The van der Waals surface area contributed by atoms with Gasteiger partial charge in [0.05, 0.1) is 4.91 Å². The van der Waals surface area contributed by atoms with Crippen molar-refractivity contribution >= 4 is 5.69 Å². The first-order valence-electron chi connectivity index (χ1n) is 4.70. The fourth-order valence-corrected chi connectivity index (χ4v) is 1.20. The van der Waals surface area contributed by atoms with Crippen LogP contribution in [0, 0.1) is 4.91 Å². The molecule has 0 saturated carbocycles. The second kappa shape index (κ2) is 5.34. The van der Waals surface area contributed by atoms with Crippen LogP contribution in [0.2, 0.25) is 0 Å². The van der Waals surface area contributed by atoms with Crippen LogP contribution in [-0.2, 0) is 6.42 Å². The highest BCUT2D eigenvalue weighted by Crippen LogP contribution is 2.11. The predicted octanol–water partition coefficient (Wildman–Crippen LogP) is 1.64. The minimum atomic E-state index is -0.131. The Morgan fingerprint density at radius 3 is 2.50 bits per heavy atom. The summed E-state index contributed by atoms with van der Waals surface area (Å²) < 4.78 is 0. The number of nitrogens with one attached hydrogen (secondary N) is 1. The van der Waals surface area contributed by atoms with E-state index in [-0.39, 0.29) is 10.6 Å². The number of benzene rings is 1. The van der Waals surface area contributed by atoms with Crippen LogP contribution < -0.4 is 5.32 Å². The summed E-state index contributed by atoms with van der Waals surface area (Å²) in [5.74, 6) is 0. The molecule has 0 saturated heterocycles. The third-order valence-corrected chi connectivity index (χ3v) is 2.00. The zero-order chi connectivity index (χ0) is 10.4. The van der Waals surface area contributed by atoms with Crippen molar-refractivity contribution in [2.75, 3.05) is 13.1 Å². The van der Waals surface area contributed by atoms with Crippen molar-refractivity contribution < 1.29 is 10.1 Å². The van der Waals surface area contributed by atoms with E-state index in [1.54, 1.807) is 12.1 Å². The monoisotopic (exact) mass is 195 g/mol. The molecule has 0 aliphatic heterocycles. The van der Waals surface area contributed by atoms with E-state index in [0.29, 0.717) is 0 Å². The van der Waals surface area contributed by atoms with Crippen molar-refractivity contribution in [2.24, 2.45) is 0 Å². The van der Waals surface area contributed by atoms with Gasteiger partial charge >= 0.3 is 5.69 Å². The molecule has 1 aromatic rings. The SMILES string of the molecule is CCNCCc1ccc([N+](=O)O)cc1. The average molecular weight is 195 g/mol. The van der Waals surface area contributed by atoms with Gasteiger partial charge in [-0.25, -0.2) is 5.21 Å². The molecule has 1 rings (SSSR count). The summed E-state index contributed by atoms with van der Waals surface area (Å²) >= 11 is 0. The minimum absolute atomic E-state index is 0.131. The highest BCUT2D eigenvalue weighted by molar-refractivity contribution is 5.32. The molecular weight excluding hydrogens is 180 g/mol. The van der Waals surface area contributed by atoms with Crippen LogP contribution in [0.5, 0.6) is 0 Å². The first-order chi connectivity index (χ1) is 6.74. The van der Waals surface area contributed by atoms with Gasteiger partial charge in [0.2, 0.25) is 0 Å². The Balaban J connectivity index is 2.51. The molecule has 0 aliphatic rings. The smallest absolute Gasteiger partial charge is 0.316 e. The topological polar surface area (TPSA) is 52.3 Å². The van der Waals surface area contributed by atoms with Crippen LogP contribution in [0.1, 0.15) is 12.5 Å². The molecule has 0 fully saturated rings. The highest BCUT2D eigenvalue weighted by atomic mass is 16.6. The Morgan fingerprint density at radius 1 is 1.36 bits per heavy atom. The van der Waals surface area contributed by atoms with Crippen LogP contribution in [0.4, 0.5) is 5.69 Å². The standard InChI is InChI=1S/C10H15N2O2/c1-2-11-8-7-9-3-5-10(6-4-9)12(13)14/h3-6,11H,2,7-8H2,1H3,(H,13,14)/q+1. The predicted molar refractivity (Wildman–Crippen MR) is 53.8 cm³/mol. The van der Waals surface area contributed by atoms with Gasteiger partial charge in [0.1, 0.15) is 0 Å². The minimum Gasteiger partial charge on any atom is -0.317 e. The molecule has 2 N–H and O–H groups in total. The molecule has 14 heavy (non-hydrogen) atoms. The van der Waals surface area contributed by atoms with Crippen LogP contribution in [-0.4, -0.2) is 23.2 Å². The van der Waals surface area contributed by atoms with Crippen molar-refractivity contribution in [2.45, 2.75) is 13.3 Å². The van der Waals surface area contributed by atoms with Gasteiger partial charge < -0.3 is 5.32 Å².